The van der Waals surface area contributed by atoms with E-state index in [0.29, 0.717) is 0 Å². The molecule has 0 fully saturated rings. The number of aryl methyl sites for hydroxylation is 6. The first-order valence-electron chi connectivity index (χ1n) is 20.3. The summed E-state index contributed by atoms with van der Waals surface area (Å²) in [5.74, 6) is 1.13. The molecule has 0 saturated carbocycles. The van der Waals surface area contributed by atoms with Gasteiger partial charge in [-0.25, -0.2) is 0 Å². The zero-order valence-corrected chi connectivity index (χ0v) is 35.8. The van der Waals surface area contributed by atoms with Crippen molar-refractivity contribution in [2.24, 2.45) is 0 Å². The normalized spacial score (nSPS) is 12.2. The van der Waals surface area contributed by atoms with E-state index in [1.54, 1.807) is 36.4 Å². The number of benzene rings is 7. The minimum Gasteiger partial charge on any atom is -0.508 e. The monoisotopic (exact) mass is 798 g/mol. The fourth-order valence-electron chi connectivity index (χ4n) is 8.79. The van der Waals surface area contributed by atoms with Crippen molar-refractivity contribution in [2.45, 2.75) is 78.6 Å². The Bertz CT molecular complexity index is 2330. The molecule has 0 heterocycles. The molecule has 0 aliphatic rings. The summed E-state index contributed by atoms with van der Waals surface area (Å²) in [6.07, 6.45) is 0. The summed E-state index contributed by atoms with van der Waals surface area (Å²) in [5.41, 5.74) is 10.1. The van der Waals surface area contributed by atoms with E-state index in [1.807, 2.05) is 114 Å². The average molecular weight is 799 g/mol. The third-order valence-corrected chi connectivity index (χ3v) is 13.3. The van der Waals surface area contributed by atoms with Crippen molar-refractivity contribution in [3.8, 4) is 34.5 Å². The van der Waals surface area contributed by atoms with Gasteiger partial charge in [0.25, 0.3) is 0 Å². The predicted octanol–water partition coefficient (Wildman–Crippen LogP) is 11.8. The van der Waals surface area contributed by atoms with Crippen LogP contribution in [-0.2, 0) is 16.2 Å². The molecule has 0 spiro atoms. The number of phenolic OH excluding ortho intramolecular Hbond substituents is 6. The van der Waals surface area contributed by atoms with Crippen molar-refractivity contribution in [3.05, 3.63) is 211 Å². The first-order chi connectivity index (χ1) is 28.3. The summed E-state index contributed by atoms with van der Waals surface area (Å²) < 4.78 is 0. The summed E-state index contributed by atoms with van der Waals surface area (Å²) in [6, 6.07) is 40.9. The minimum atomic E-state index is -0.866. The number of hydrogen-bond acceptors (Lipinski definition) is 6. The SMILES string of the molecule is Cc1cc(C(C)(c2cc(C(C)(c3ccc(O)c(C)c3)c3ccc(O)c(C)c3)cc(C(C)(c3ccc(O)c(C)c3)c3ccc(O)c(C)c3)c2)c2ccc(O)c(C)c2)ccc1O. The Hall–Kier alpha value is -6.66. The quantitative estimate of drug-likeness (QED) is 0.0809. The Morgan fingerprint density at radius 2 is 0.383 bits per heavy atom. The van der Waals surface area contributed by atoms with Crippen LogP contribution in [-0.4, -0.2) is 30.6 Å². The van der Waals surface area contributed by atoms with Crippen LogP contribution in [0.15, 0.2) is 127 Å². The molecule has 0 unspecified atom stereocenters. The van der Waals surface area contributed by atoms with Crippen molar-refractivity contribution < 1.29 is 30.6 Å². The largest absolute Gasteiger partial charge is 0.508 e. The molecule has 6 heteroatoms. The molecule has 6 N–H and O–H groups in total. The first-order valence-corrected chi connectivity index (χ1v) is 20.3. The third-order valence-electron chi connectivity index (χ3n) is 13.3. The molecular formula is C54H54O6. The van der Waals surface area contributed by atoms with Gasteiger partial charge in [-0.3, -0.25) is 0 Å². The molecule has 0 aliphatic carbocycles. The molecule has 6 nitrogen and oxygen atoms in total. The minimum absolute atomic E-state index is 0.188. The zero-order valence-electron chi connectivity index (χ0n) is 35.8. The molecule has 7 rings (SSSR count). The molecule has 306 valence electrons. The van der Waals surface area contributed by atoms with E-state index in [1.165, 1.54) is 0 Å². The summed E-state index contributed by atoms with van der Waals surface area (Å²) in [5, 5.41) is 64.8. The van der Waals surface area contributed by atoms with Crippen molar-refractivity contribution in [1.29, 1.82) is 0 Å². The highest BCUT2D eigenvalue weighted by Gasteiger charge is 2.41. The van der Waals surface area contributed by atoms with Gasteiger partial charge in [0.05, 0.1) is 0 Å². The number of hydrogen-bond donors (Lipinski definition) is 6. The maximum absolute atomic E-state index is 10.8. The van der Waals surface area contributed by atoms with Crippen molar-refractivity contribution in [3.63, 3.8) is 0 Å². The van der Waals surface area contributed by atoms with Crippen molar-refractivity contribution in [2.75, 3.05) is 0 Å². The second-order valence-corrected chi connectivity index (χ2v) is 17.2. The molecule has 0 aliphatic heterocycles. The molecule has 7 aromatic carbocycles. The molecule has 7 aromatic rings. The van der Waals surface area contributed by atoms with Gasteiger partial charge < -0.3 is 30.6 Å². The fourth-order valence-corrected chi connectivity index (χ4v) is 8.79. The Morgan fingerprint density at radius 3 is 0.517 bits per heavy atom. The van der Waals surface area contributed by atoms with Crippen LogP contribution in [0.3, 0.4) is 0 Å². The van der Waals surface area contributed by atoms with Crippen LogP contribution in [0.5, 0.6) is 34.5 Å². The molecular weight excluding hydrogens is 745 g/mol. The summed E-state index contributed by atoms with van der Waals surface area (Å²) in [7, 11) is 0. The van der Waals surface area contributed by atoms with E-state index in [-0.39, 0.29) is 34.5 Å². The smallest absolute Gasteiger partial charge is 0.118 e. The van der Waals surface area contributed by atoms with E-state index >= 15 is 0 Å². The molecule has 0 radical (unpaired) electrons. The second-order valence-electron chi connectivity index (χ2n) is 17.2. The molecule has 0 saturated heterocycles. The van der Waals surface area contributed by atoms with Crippen molar-refractivity contribution >= 4 is 0 Å². The van der Waals surface area contributed by atoms with Gasteiger partial charge in [0.15, 0.2) is 0 Å². The summed E-state index contributed by atoms with van der Waals surface area (Å²) in [4.78, 5) is 0. The van der Waals surface area contributed by atoms with Crippen LogP contribution in [0.1, 0.15) is 104 Å². The van der Waals surface area contributed by atoms with Crippen LogP contribution in [0, 0.1) is 41.5 Å². The Labute approximate surface area is 353 Å². The van der Waals surface area contributed by atoms with Gasteiger partial charge in [-0.15, -0.1) is 0 Å². The maximum atomic E-state index is 10.8. The number of rotatable bonds is 9. The van der Waals surface area contributed by atoms with E-state index in [0.717, 1.165) is 83.5 Å². The van der Waals surface area contributed by atoms with Gasteiger partial charge in [-0.05, 0) is 182 Å². The predicted molar refractivity (Wildman–Crippen MR) is 240 cm³/mol. The molecule has 0 bridgehead atoms. The molecule has 60 heavy (non-hydrogen) atoms. The van der Waals surface area contributed by atoms with E-state index < -0.39 is 16.2 Å². The lowest BCUT2D eigenvalue weighted by molar-refractivity contribution is 0.469. The highest BCUT2D eigenvalue weighted by atomic mass is 16.3. The topological polar surface area (TPSA) is 121 Å². The number of phenols is 6. The van der Waals surface area contributed by atoms with Crippen LogP contribution < -0.4 is 0 Å². The fraction of sp³-hybridized carbons (Fsp3) is 0.222. The van der Waals surface area contributed by atoms with Gasteiger partial charge in [0.1, 0.15) is 34.5 Å². The van der Waals surface area contributed by atoms with E-state index in [2.05, 4.69) is 39.0 Å². The third kappa shape index (κ3) is 6.90. The standard InChI is InChI=1S/C54H54O6/c1-31-22-37(10-16-46(31)55)52(7,38-11-17-47(56)32(2)23-38)43-28-44(53(8,39-12-18-48(57)33(3)24-39)40-13-19-49(58)34(4)25-40)30-45(29-43)54(9,41-14-20-50(59)35(5)26-41)42-15-21-51(60)36(6)27-42/h10-30,55-60H,1-9H3. The van der Waals surface area contributed by atoms with Crippen LogP contribution >= 0.6 is 0 Å². The first kappa shape index (κ1) is 41.5. The van der Waals surface area contributed by atoms with Gasteiger partial charge in [-0.2, -0.15) is 0 Å². The lowest BCUT2D eigenvalue weighted by Gasteiger charge is -2.40. The molecule has 0 aromatic heterocycles. The second kappa shape index (κ2) is 15.2. The van der Waals surface area contributed by atoms with Crippen molar-refractivity contribution in [1.82, 2.24) is 0 Å². The van der Waals surface area contributed by atoms with Gasteiger partial charge >= 0.3 is 0 Å². The maximum Gasteiger partial charge on any atom is 0.118 e. The number of aromatic hydroxyl groups is 6. The Morgan fingerprint density at radius 1 is 0.233 bits per heavy atom. The summed E-state index contributed by atoms with van der Waals surface area (Å²) in [6.45, 7) is 17.8. The van der Waals surface area contributed by atoms with Crippen LogP contribution in [0.25, 0.3) is 0 Å². The molecule has 0 amide bonds. The lowest BCUT2D eigenvalue weighted by Crippen LogP contribution is -2.32. The highest BCUT2D eigenvalue weighted by Crippen LogP contribution is 2.50. The average Bonchev–Trinajstić information content (AvgIpc) is 3.22. The lowest BCUT2D eigenvalue weighted by atomic mass is 9.63. The van der Waals surface area contributed by atoms with E-state index in [9.17, 15) is 30.6 Å². The zero-order chi connectivity index (χ0) is 43.5. The summed E-state index contributed by atoms with van der Waals surface area (Å²) >= 11 is 0. The Kier molecular flexibility index (Phi) is 10.5. The van der Waals surface area contributed by atoms with Gasteiger partial charge in [0.2, 0.25) is 0 Å². The van der Waals surface area contributed by atoms with E-state index in [4.69, 9.17) is 0 Å². The Balaban J connectivity index is 1.70. The highest BCUT2D eigenvalue weighted by molar-refractivity contribution is 5.63. The molecule has 0 atom stereocenters. The van der Waals surface area contributed by atoms with Crippen LogP contribution in [0.4, 0.5) is 0 Å². The van der Waals surface area contributed by atoms with Gasteiger partial charge in [0, 0.05) is 16.2 Å². The van der Waals surface area contributed by atoms with Crippen LogP contribution in [0.2, 0.25) is 0 Å². The van der Waals surface area contributed by atoms with Gasteiger partial charge in [-0.1, -0.05) is 91.0 Å².